The molecule has 3 aromatic rings. The summed E-state index contributed by atoms with van der Waals surface area (Å²) < 4.78 is 32.4. The van der Waals surface area contributed by atoms with E-state index in [9.17, 15) is 13.2 Å². The van der Waals surface area contributed by atoms with Gasteiger partial charge in [0.2, 0.25) is 15.2 Å². The van der Waals surface area contributed by atoms with Crippen LogP contribution in [0, 0.1) is 0 Å². The van der Waals surface area contributed by atoms with Crippen LogP contribution < -0.4 is 10.1 Å². The van der Waals surface area contributed by atoms with Gasteiger partial charge in [-0.2, -0.15) is 4.31 Å². The van der Waals surface area contributed by atoms with Crippen molar-refractivity contribution in [1.29, 1.82) is 0 Å². The number of nitrogens with zero attached hydrogens (tertiary/aromatic N) is 3. The lowest BCUT2D eigenvalue weighted by Gasteiger charge is -2.17. The molecule has 1 saturated heterocycles. The van der Waals surface area contributed by atoms with E-state index >= 15 is 0 Å². The lowest BCUT2D eigenvalue weighted by molar-refractivity contribution is 0.102. The molecule has 1 fully saturated rings. The molecule has 2 aromatic carbocycles. The first-order valence-corrected chi connectivity index (χ1v) is 11.6. The molecule has 0 saturated carbocycles. The number of benzene rings is 2. The van der Waals surface area contributed by atoms with Gasteiger partial charge in [0.05, 0.1) is 17.6 Å². The van der Waals surface area contributed by atoms with Crippen LogP contribution in [0.25, 0.3) is 10.6 Å². The standard InChI is InChI=1S/C20H20N4O4S2/c1-28-17-10-9-15(30(26,27)24-11-5-6-12-24)13-16(17)18(25)21-20-23-22-19(29-20)14-7-3-2-4-8-14/h2-4,7-10,13H,5-6,11-12H2,1H3,(H,21,23,25). The van der Waals surface area contributed by atoms with Gasteiger partial charge in [-0.15, -0.1) is 10.2 Å². The summed E-state index contributed by atoms with van der Waals surface area (Å²) in [6.07, 6.45) is 1.67. The first-order chi connectivity index (χ1) is 14.5. The Hall–Kier alpha value is -2.82. The van der Waals surface area contributed by atoms with Crippen LogP contribution in [-0.4, -0.2) is 49.0 Å². The number of methoxy groups -OCH3 is 1. The normalized spacial score (nSPS) is 14.6. The van der Waals surface area contributed by atoms with Gasteiger partial charge in [-0.25, -0.2) is 8.42 Å². The molecule has 4 rings (SSSR count). The highest BCUT2D eigenvalue weighted by Crippen LogP contribution is 2.29. The quantitative estimate of drug-likeness (QED) is 0.626. The van der Waals surface area contributed by atoms with Gasteiger partial charge >= 0.3 is 0 Å². The molecule has 1 aliphatic rings. The Morgan fingerprint density at radius 3 is 2.53 bits per heavy atom. The molecule has 156 valence electrons. The summed E-state index contributed by atoms with van der Waals surface area (Å²) in [7, 11) is -2.22. The average molecular weight is 445 g/mol. The summed E-state index contributed by atoms with van der Waals surface area (Å²) in [4.78, 5) is 12.9. The molecule has 8 nitrogen and oxygen atoms in total. The van der Waals surface area contributed by atoms with E-state index in [0.29, 0.717) is 23.2 Å². The third-order valence-corrected chi connectivity index (χ3v) is 7.57. The maximum absolute atomic E-state index is 12.9. The number of aromatic nitrogens is 2. The van der Waals surface area contributed by atoms with Gasteiger partial charge in [0.25, 0.3) is 5.91 Å². The molecule has 1 aromatic heterocycles. The summed E-state index contributed by atoms with van der Waals surface area (Å²) >= 11 is 1.23. The van der Waals surface area contributed by atoms with Crippen molar-refractivity contribution in [2.24, 2.45) is 0 Å². The summed E-state index contributed by atoms with van der Waals surface area (Å²) in [5, 5.41) is 11.8. The SMILES string of the molecule is COc1ccc(S(=O)(=O)N2CCCC2)cc1C(=O)Nc1nnc(-c2ccccc2)s1. The van der Waals surface area contributed by atoms with Crippen LogP contribution >= 0.6 is 11.3 Å². The Kier molecular flexibility index (Phi) is 5.80. The number of anilines is 1. The molecule has 30 heavy (non-hydrogen) atoms. The van der Waals surface area contributed by atoms with Crippen LogP contribution in [0.2, 0.25) is 0 Å². The Bertz CT molecular complexity index is 1160. The molecular formula is C20H20N4O4S2. The monoisotopic (exact) mass is 444 g/mol. The molecule has 0 bridgehead atoms. The van der Waals surface area contributed by atoms with Crippen LogP contribution in [0.1, 0.15) is 23.2 Å². The molecule has 1 amide bonds. The van der Waals surface area contributed by atoms with Crippen molar-refractivity contribution in [1.82, 2.24) is 14.5 Å². The first-order valence-electron chi connectivity index (χ1n) is 9.37. The van der Waals surface area contributed by atoms with E-state index in [-0.39, 0.29) is 16.2 Å². The van der Waals surface area contributed by atoms with Gasteiger partial charge in [-0.1, -0.05) is 41.7 Å². The number of hydrogen-bond acceptors (Lipinski definition) is 7. The minimum atomic E-state index is -3.65. The average Bonchev–Trinajstić information content (AvgIpc) is 3.46. The van der Waals surface area contributed by atoms with E-state index in [1.807, 2.05) is 30.3 Å². The van der Waals surface area contributed by atoms with Gasteiger partial charge in [0.15, 0.2) is 0 Å². The van der Waals surface area contributed by atoms with Crippen molar-refractivity contribution >= 4 is 32.4 Å². The van der Waals surface area contributed by atoms with Crippen LogP contribution in [0.3, 0.4) is 0 Å². The predicted molar refractivity (Wildman–Crippen MR) is 114 cm³/mol. The van der Waals surface area contributed by atoms with Gasteiger partial charge < -0.3 is 4.74 Å². The largest absolute Gasteiger partial charge is 0.496 e. The second-order valence-electron chi connectivity index (χ2n) is 6.71. The second-order valence-corrected chi connectivity index (χ2v) is 9.62. The van der Waals surface area contributed by atoms with Gasteiger partial charge in [0.1, 0.15) is 10.8 Å². The van der Waals surface area contributed by atoms with E-state index in [4.69, 9.17) is 4.74 Å². The van der Waals surface area contributed by atoms with E-state index in [1.54, 1.807) is 0 Å². The fourth-order valence-electron chi connectivity index (χ4n) is 3.24. The lowest BCUT2D eigenvalue weighted by atomic mass is 10.2. The molecular weight excluding hydrogens is 424 g/mol. The number of carbonyl (C=O) groups excluding carboxylic acids is 1. The van der Waals surface area contributed by atoms with Gasteiger partial charge in [-0.05, 0) is 31.0 Å². The van der Waals surface area contributed by atoms with E-state index in [1.165, 1.54) is 41.0 Å². The Morgan fingerprint density at radius 2 is 1.83 bits per heavy atom. The topological polar surface area (TPSA) is 101 Å². The zero-order valence-corrected chi connectivity index (χ0v) is 17.9. The summed E-state index contributed by atoms with van der Waals surface area (Å²) in [5.74, 6) is -0.234. The number of carbonyl (C=O) groups is 1. The summed E-state index contributed by atoms with van der Waals surface area (Å²) in [6.45, 7) is 0.978. The minimum absolute atomic E-state index is 0.0672. The van der Waals surface area contributed by atoms with Gasteiger partial charge in [-0.3, -0.25) is 10.1 Å². The Labute approximate surface area is 178 Å². The lowest BCUT2D eigenvalue weighted by Crippen LogP contribution is -2.28. The maximum Gasteiger partial charge on any atom is 0.261 e. The van der Waals surface area contributed by atoms with Crippen molar-refractivity contribution < 1.29 is 17.9 Å². The molecule has 1 aliphatic heterocycles. The van der Waals surface area contributed by atoms with E-state index < -0.39 is 15.9 Å². The third kappa shape index (κ3) is 4.07. The van der Waals surface area contributed by atoms with Crippen molar-refractivity contribution in [2.75, 3.05) is 25.5 Å². The molecule has 1 N–H and O–H groups in total. The number of amides is 1. The molecule has 2 heterocycles. The molecule has 0 atom stereocenters. The summed E-state index contributed by atoms with van der Waals surface area (Å²) in [5.41, 5.74) is 1.01. The molecule has 0 unspecified atom stereocenters. The van der Waals surface area contributed by atoms with Crippen LogP contribution in [0.4, 0.5) is 5.13 Å². The number of rotatable bonds is 6. The summed E-state index contributed by atoms with van der Waals surface area (Å²) in [6, 6.07) is 13.8. The van der Waals surface area contributed by atoms with E-state index in [0.717, 1.165) is 18.4 Å². The smallest absolute Gasteiger partial charge is 0.261 e. The Balaban J connectivity index is 1.60. The third-order valence-electron chi connectivity index (χ3n) is 4.78. The fraction of sp³-hybridized carbons (Fsp3) is 0.250. The number of nitrogens with one attached hydrogen (secondary N) is 1. The Morgan fingerprint density at radius 1 is 1.10 bits per heavy atom. The van der Waals surface area contributed by atoms with Crippen LogP contribution in [0.5, 0.6) is 5.75 Å². The number of hydrogen-bond donors (Lipinski definition) is 1. The highest BCUT2D eigenvalue weighted by molar-refractivity contribution is 7.89. The van der Waals surface area contributed by atoms with Gasteiger partial charge in [0, 0.05) is 18.7 Å². The highest BCUT2D eigenvalue weighted by atomic mass is 32.2. The molecule has 0 radical (unpaired) electrons. The van der Waals surface area contributed by atoms with Crippen molar-refractivity contribution in [3.8, 4) is 16.3 Å². The zero-order chi connectivity index (χ0) is 21.1. The molecule has 0 spiro atoms. The minimum Gasteiger partial charge on any atom is -0.496 e. The fourth-order valence-corrected chi connectivity index (χ4v) is 5.53. The first kappa shape index (κ1) is 20.5. The van der Waals surface area contributed by atoms with Crippen LogP contribution in [-0.2, 0) is 10.0 Å². The van der Waals surface area contributed by atoms with Crippen LogP contribution in [0.15, 0.2) is 53.4 Å². The van der Waals surface area contributed by atoms with Crippen molar-refractivity contribution in [2.45, 2.75) is 17.7 Å². The van der Waals surface area contributed by atoms with E-state index in [2.05, 4.69) is 15.5 Å². The predicted octanol–water partition coefficient (Wildman–Crippen LogP) is 3.25. The number of ether oxygens (including phenoxy) is 1. The molecule has 0 aliphatic carbocycles. The number of sulfonamides is 1. The zero-order valence-electron chi connectivity index (χ0n) is 16.2. The highest BCUT2D eigenvalue weighted by Gasteiger charge is 2.28. The second kappa shape index (κ2) is 8.50. The maximum atomic E-state index is 12.9. The van der Waals surface area contributed by atoms with Crippen molar-refractivity contribution in [3.63, 3.8) is 0 Å². The van der Waals surface area contributed by atoms with Crippen molar-refractivity contribution in [3.05, 3.63) is 54.1 Å². The molecule has 10 heteroatoms.